The van der Waals surface area contributed by atoms with Crippen molar-refractivity contribution in [2.75, 3.05) is 18.5 Å². The molecule has 2 heterocycles. The summed E-state index contributed by atoms with van der Waals surface area (Å²) in [5.74, 6) is 0.619. The number of nitrogens with zero attached hydrogens (tertiary/aromatic N) is 3. The van der Waals surface area contributed by atoms with Gasteiger partial charge in [0.05, 0.1) is 6.61 Å². The standard InChI is InChI=1S/C15H19N5O2/c1-3-9-22-10-5-8-13(21)17-15-18-14(19-20-15)12-7-4-6-11(2)16-12/h3-4,6-7H,1,5,8-10H2,2H3,(H2,17,18,19,20,21). The van der Waals surface area contributed by atoms with E-state index in [0.717, 1.165) is 5.69 Å². The summed E-state index contributed by atoms with van der Waals surface area (Å²) in [6.07, 6.45) is 2.66. The third-order valence-electron chi connectivity index (χ3n) is 2.80. The number of ether oxygens (including phenoxy) is 1. The first kappa shape index (κ1) is 15.8. The molecule has 0 radical (unpaired) electrons. The van der Waals surface area contributed by atoms with Crippen molar-refractivity contribution in [3.05, 3.63) is 36.5 Å². The number of pyridine rings is 1. The normalized spacial score (nSPS) is 10.4. The highest BCUT2D eigenvalue weighted by atomic mass is 16.5. The molecule has 0 saturated heterocycles. The lowest BCUT2D eigenvalue weighted by Crippen LogP contribution is -2.13. The first-order valence-corrected chi connectivity index (χ1v) is 7.04. The molecule has 2 aromatic heterocycles. The van der Waals surface area contributed by atoms with Gasteiger partial charge in [0.2, 0.25) is 11.9 Å². The molecule has 2 aromatic rings. The molecular weight excluding hydrogens is 282 g/mol. The lowest BCUT2D eigenvalue weighted by atomic mass is 10.3. The van der Waals surface area contributed by atoms with Crippen LogP contribution < -0.4 is 5.32 Å². The van der Waals surface area contributed by atoms with Gasteiger partial charge in [-0.2, -0.15) is 4.98 Å². The minimum Gasteiger partial charge on any atom is -0.377 e. The molecular formula is C15H19N5O2. The molecule has 0 fully saturated rings. The third kappa shape index (κ3) is 4.78. The number of aryl methyl sites for hydroxylation is 1. The van der Waals surface area contributed by atoms with Crippen molar-refractivity contribution < 1.29 is 9.53 Å². The van der Waals surface area contributed by atoms with Crippen LogP contribution in [0.15, 0.2) is 30.9 Å². The van der Waals surface area contributed by atoms with Crippen LogP contribution in [0.4, 0.5) is 5.95 Å². The van der Waals surface area contributed by atoms with E-state index in [4.69, 9.17) is 4.74 Å². The van der Waals surface area contributed by atoms with Crippen molar-refractivity contribution in [2.24, 2.45) is 0 Å². The molecule has 2 rings (SSSR count). The highest BCUT2D eigenvalue weighted by Gasteiger charge is 2.09. The molecule has 0 atom stereocenters. The number of amides is 1. The lowest BCUT2D eigenvalue weighted by Gasteiger charge is -2.01. The van der Waals surface area contributed by atoms with Gasteiger partial charge in [-0.3, -0.25) is 15.2 Å². The van der Waals surface area contributed by atoms with Gasteiger partial charge < -0.3 is 4.74 Å². The molecule has 0 saturated carbocycles. The Hall–Kier alpha value is -2.54. The number of aromatic amines is 1. The summed E-state index contributed by atoms with van der Waals surface area (Å²) < 4.78 is 5.21. The smallest absolute Gasteiger partial charge is 0.249 e. The summed E-state index contributed by atoms with van der Waals surface area (Å²) in [4.78, 5) is 20.3. The van der Waals surface area contributed by atoms with Crippen LogP contribution in [0, 0.1) is 6.92 Å². The SMILES string of the molecule is C=CCOCCCC(=O)Nc1n[nH]c(-c2cccc(C)n2)n1. The zero-order chi connectivity index (χ0) is 15.8. The van der Waals surface area contributed by atoms with Gasteiger partial charge >= 0.3 is 0 Å². The van der Waals surface area contributed by atoms with Gasteiger partial charge in [-0.15, -0.1) is 11.7 Å². The molecule has 116 valence electrons. The van der Waals surface area contributed by atoms with Gasteiger partial charge in [-0.25, -0.2) is 4.98 Å². The summed E-state index contributed by atoms with van der Waals surface area (Å²) in [7, 11) is 0. The summed E-state index contributed by atoms with van der Waals surface area (Å²) >= 11 is 0. The highest BCUT2D eigenvalue weighted by Crippen LogP contribution is 2.13. The molecule has 7 heteroatoms. The van der Waals surface area contributed by atoms with Crippen LogP contribution in [0.5, 0.6) is 0 Å². The fraction of sp³-hybridized carbons (Fsp3) is 0.333. The Bertz CT molecular complexity index is 638. The van der Waals surface area contributed by atoms with Crippen molar-refractivity contribution in [1.29, 1.82) is 0 Å². The summed E-state index contributed by atoms with van der Waals surface area (Å²) in [5, 5.41) is 9.37. The maximum atomic E-state index is 11.7. The topological polar surface area (TPSA) is 92.8 Å². The Morgan fingerprint density at radius 1 is 1.45 bits per heavy atom. The molecule has 0 unspecified atom stereocenters. The van der Waals surface area contributed by atoms with E-state index in [1.54, 1.807) is 6.08 Å². The first-order chi connectivity index (χ1) is 10.7. The summed E-state index contributed by atoms with van der Waals surface area (Å²) in [6.45, 7) is 6.47. The molecule has 7 nitrogen and oxygen atoms in total. The van der Waals surface area contributed by atoms with Crippen molar-refractivity contribution >= 4 is 11.9 Å². The van der Waals surface area contributed by atoms with Crippen LogP contribution in [0.25, 0.3) is 11.5 Å². The zero-order valence-electron chi connectivity index (χ0n) is 12.5. The molecule has 2 N–H and O–H groups in total. The average Bonchev–Trinajstić information content (AvgIpc) is 2.95. The van der Waals surface area contributed by atoms with Crippen LogP contribution in [0.2, 0.25) is 0 Å². The van der Waals surface area contributed by atoms with E-state index < -0.39 is 0 Å². The minimum absolute atomic E-state index is 0.148. The lowest BCUT2D eigenvalue weighted by molar-refractivity contribution is -0.116. The van der Waals surface area contributed by atoms with Crippen molar-refractivity contribution in [3.8, 4) is 11.5 Å². The van der Waals surface area contributed by atoms with Gasteiger partial charge in [-0.05, 0) is 25.5 Å². The van der Waals surface area contributed by atoms with Crippen LogP contribution in [0.3, 0.4) is 0 Å². The fourth-order valence-electron chi connectivity index (χ4n) is 1.80. The van der Waals surface area contributed by atoms with E-state index in [-0.39, 0.29) is 11.9 Å². The Morgan fingerprint density at radius 2 is 2.32 bits per heavy atom. The maximum absolute atomic E-state index is 11.7. The van der Waals surface area contributed by atoms with E-state index in [1.165, 1.54) is 0 Å². The molecule has 0 aliphatic rings. The van der Waals surface area contributed by atoms with E-state index in [0.29, 0.717) is 37.6 Å². The second-order valence-corrected chi connectivity index (χ2v) is 4.69. The number of carbonyl (C=O) groups is 1. The summed E-state index contributed by atoms with van der Waals surface area (Å²) in [5.41, 5.74) is 1.57. The van der Waals surface area contributed by atoms with Gasteiger partial charge in [0.15, 0.2) is 5.82 Å². The molecule has 0 bridgehead atoms. The molecule has 0 spiro atoms. The van der Waals surface area contributed by atoms with E-state index in [1.807, 2.05) is 25.1 Å². The number of H-pyrrole nitrogens is 1. The second-order valence-electron chi connectivity index (χ2n) is 4.69. The van der Waals surface area contributed by atoms with Crippen LogP contribution in [0.1, 0.15) is 18.5 Å². The van der Waals surface area contributed by atoms with Crippen LogP contribution >= 0.6 is 0 Å². The quantitative estimate of drug-likeness (QED) is 0.575. The molecule has 22 heavy (non-hydrogen) atoms. The number of anilines is 1. The van der Waals surface area contributed by atoms with Crippen molar-refractivity contribution in [1.82, 2.24) is 20.2 Å². The number of aromatic nitrogens is 4. The highest BCUT2D eigenvalue weighted by molar-refractivity contribution is 5.89. The predicted octanol–water partition coefficient (Wildman–Crippen LogP) is 2.10. The molecule has 0 aliphatic carbocycles. The zero-order valence-corrected chi connectivity index (χ0v) is 12.5. The largest absolute Gasteiger partial charge is 0.377 e. The first-order valence-electron chi connectivity index (χ1n) is 7.04. The van der Waals surface area contributed by atoms with Crippen molar-refractivity contribution in [3.63, 3.8) is 0 Å². The van der Waals surface area contributed by atoms with E-state index in [9.17, 15) is 4.79 Å². The predicted molar refractivity (Wildman–Crippen MR) is 83.2 cm³/mol. The Labute approximate surface area is 128 Å². The van der Waals surface area contributed by atoms with Crippen LogP contribution in [-0.4, -0.2) is 39.3 Å². The average molecular weight is 301 g/mol. The summed E-state index contributed by atoms with van der Waals surface area (Å²) in [6, 6.07) is 5.62. The number of hydrogen-bond acceptors (Lipinski definition) is 5. The number of hydrogen-bond donors (Lipinski definition) is 2. The molecule has 0 aromatic carbocycles. The fourth-order valence-corrected chi connectivity index (χ4v) is 1.80. The second kappa shape index (κ2) is 8.04. The van der Waals surface area contributed by atoms with E-state index >= 15 is 0 Å². The van der Waals surface area contributed by atoms with Gasteiger partial charge in [-0.1, -0.05) is 12.1 Å². The number of rotatable bonds is 8. The Kier molecular flexibility index (Phi) is 5.79. The minimum atomic E-state index is -0.148. The monoisotopic (exact) mass is 301 g/mol. The van der Waals surface area contributed by atoms with Gasteiger partial charge in [0, 0.05) is 18.7 Å². The number of carbonyl (C=O) groups excluding carboxylic acids is 1. The molecule has 1 amide bonds. The van der Waals surface area contributed by atoms with E-state index in [2.05, 4.69) is 32.1 Å². The van der Waals surface area contributed by atoms with Crippen LogP contribution in [-0.2, 0) is 9.53 Å². The third-order valence-corrected chi connectivity index (χ3v) is 2.80. The van der Waals surface area contributed by atoms with Gasteiger partial charge in [0.25, 0.3) is 0 Å². The molecule has 0 aliphatic heterocycles. The Balaban J connectivity index is 1.84. The number of nitrogens with one attached hydrogen (secondary N) is 2. The maximum Gasteiger partial charge on any atom is 0.249 e. The Morgan fingerprint density at radius 3 is 3.09 bits per heavy atom. The van der Waals surface area contributed by atoms with Gasteiger partial charge in [0.1, 0.15) is 5.69 Å². The van der Waals surface area contributed by atoms with Crippen molar-refractivity contribution in [2.45, 2.75) is 19.8 Å².